The summed E-state index contributed by atoms with van der Waals surface area (Å²) in [4.78, 5) is 12.3. The normalized spacial score (nSPS) is 17.2. The first-order valence-electron chi connectivity index (χ1n) is 5.78. The van der Waals surface area contributed by atoms with E-state index in [1.807, 2.05) is 32.0 Å². The minimum Gasteiger partial charge on any atom is -0.373 e. The number of rotatable bonds is 4. The molecule has 0 aliphatic heterocycles. The predicted molar refractivity (Wildman–Crippen MR) is 63.8 cm³/mol. The Hall–Kier alpha value is -1.15. The Balaban J connectivity index is 2.28. The Bertz CT molecular complexity index is 405. The van der Waals surface area contributed by atoms with Gasteiger partial charge in [0, 0.05) is 12.7 Å². The van der Waals surface area contributed by atoms with E-state index in [-0.39, 0.29) is 11.9 Å². The van der Waals surface area contributed by atoms with Crippen LogP contribution >= 0.6 is 0 Å². The Labute approximate surface area is 96.6 Å². The molecule has 16 heavy (non-hydrogen) atoms. The lowest BCUT2D eigenvalue weighted by Crippen LogP contribution is -2.26. The second kappa shape index (κ2) is 4.38. The van der Waals surface area contributed by atoms with Gasteiger partial charge in [-0.1, -0.05) is 18.2 Å². The molecule has 1 aromatic carbocycles. The van der Waals surface area contributed by atoms with Crippen molar-refractivity contribution in [2.75, 3.05) is 7.11 Å². The maximum absolute atomic E-state index is 12.3. The summed E-state index contributed by atoms with van der Waals surface area (Å²) in [5, 5.41) is 0. The van der Waals surface area contributed by atoms with Crippen molar-refractivity contribution in [3.05, 3.63) is 34.9 Å². The molecule has 1 aliphatic rings. The summed E-state index contributed by atoms with van der Waals surface area (Å²) in [5.41, 5.74) is 3.06. The van der Waals surface area contributed by atoms with Crippen molar-refractivity contribution in [2.45, 2.75) is 32.8 Å². The van der Waals surface area contributed by atoms with Gasteiger partial charge >= 0.3 is 0 Å². The Morgan fingerprint density at radius 3 is 2.62 bits per heavy atom. The van der Waals surface area contributed by atoms with E-state index < -0.39 is 0 Å². The highest BCUT2D eigenvalue weighted by Crippen LogP contribution is 2.36. The summed E-state index contributed by atoms with van der Waals surface area (Å²) in [5.74, 6) is 0.587. The fourth-order valence-electron chi connectivity index (χ4n) is 2.08. The van der Waals surface area contributed by atoms with Crippen LogP contribution in [0.4, 0.5) is 0 Å². The summed E-state index contributed by atoms with van der Waals surface area (Å²) in [6.45, 7) is 4.03. The van der Waals surface area contributed by atoms with Crippen LogP contribution in [0.2, 0.25) is 0 Å². The van der Waals surface area contributed by atoms with E-state index in [4.69, 9.17) is 4.74 Å². The molecular formula is C14H18O2. The van der Waals surface area contributed by atoms with Crippen molar-refractivity contribution in [3.8, 4) is 0 Å². The van der Waals surface area contributed by atoms with Gasteiger partial charge in [-0.3, -0.25) is 4.79 Å². The monoisotopic (exact) mass is 218 g/mol. The quantitative estimate of drug-likeness (QED) is 0.726. The molecule has 0 bridgehead atoms. The van der Waals surface area contributed by atoms with Gasteiger partial charge in [-0.15, -0.1) is 0 Å². The molecule has 2 heteroatoms. The van der Waals surface area contributed by atoms with Crippen LogP contribution < -0.4 is 0 Å². The van der Waals surface area contributed by atoms with Gasteiger partial charge in [0.15, 0.2) is 5.78 Å². The number of hydrogen-bond acceptors (Lipinski definition) is 2. The number of Topliss-reactive ketones (excluding diaryl/α,β-unsaturated/α-hetero) is 1. The van der Waals surface area contributed by atoms with Crippen LogP contribution in [0.1, 0.15) is 34.3 Å². The average Bonchev–Trinajstić information content (AvgIpc) is 3.07. The summed E-state index contributed by atoms with van der Waals surface area (Å²) in [7, 11) is 1.63. The zero-order valence-electron chi connectivity index (χ0n) is 10.1. The van der Waals surface area contributed by atoms with Crippen LogP contribution in [0.5, 0.6) is 0 Å². The maximum Gasteiger partial charge on any atom is 0.192 e. The van der Waals surface area contributed by atoms with E-state index in [9.17, 15) is 4.79 Å². The Morgan fingerprint density at radius 2 is 2.06 bits per heavy atom. The minimum atomic E-state index is -0.236. The fraction of sp³-hybridized carbons (Fsp3) is 0.500. The van der Waals surface area contributed by atoms with E-state index in [0.29, 0.717) is 5.92 Å². The lowest BCUT2D eigenvalue weighted by atomic mass is 9.96. The smallest absolute Gasteiger partial charge is 0.192 e. The van der Waals surface area contributed by atoms with Crippen LogP contribution in [0.15, 0.2) is 18.2 Å². The first-order chi connectivity index (χ1) is 7.65. The largest absolute Gasteiger partial charge is 0.373 e. The van der Waals surface area contributed by atoms with Crippen molar-refractivity contribution in [1.29, 1.82) is 0 Å². The van der Waals surface area contributed by atoms with Crippen LogP contribution in [0.25, 0.3) is 0 Å². The molecule has 1 aliphatic carbocycles. The van der Waals surface area contributed by atoms with Gasteiger partial charge in [0.05, 0.1) is 0 Å². The van der Waals surface area contributed by atoms with Crippen molar-refractivity contribution in [2.24, 2.45) is 5.92 Å². The lowest BCUT2D eigenvalue weighted by Gasteiger charge is -2.15. The first kappa shape index (κ1) is 11.3. The number of carbonyl (C=O) groups is 1. The molecule has 1 unspecified atom stereocenters. The zero-order valence-corrected chi connectivity index (χ0v) is 10.1. The Kier molecular flexibility index (Phi) is 3.10. The lowest BCUT2D eigenvalue weighted by molar-refractivity contribution is 0.0539. The summed E-state index contributed by atoms with van der Waals surface area (Å²) < 4.78 is 5.34. The van der Waals surface area contributed by atoms with Crippen molar-refractivity contribution >= 4 is 5.78 Å². The van der Waals surface area contributed by atoms with E-state index in [1.54, 1.807) is 7.11 Å². The molecule has 86 valence electrons. The van der Waals surface area contributed by atoms with Crippen LogP contribution in [0.3, 0.4) is 0 Å². The molecule has 1 fully saturated rings. The van der Waals surface area contributed by atoms with Gasteiger partial charge in [-0.2, -0.15) is 0 Å². The second-order valence-corrected chi connectivity index (χ2v) is 4.61. The number of carbonyl (C=O) groups excluding carboxylic acids is 1. The number of methoxy groups -OCH3 is 1. The van der Waals surface area contributed by atoms with E-state index in [0.717, 1.165) is 29.5 Å². The third-order valence-electron chi connectivity index (χ3n) is 3.43. The number of hydrogen-bond donors (Lipinski definition) is 0. The summed E-state index contributed by atoms with van der Waals surface area (Å²) >= 11 is 0. The van der Waals surface area contributed by atoms with E-state index in [2.05, 4.69) is 0 Å². The highest BCUT2D eigenvalue weighted by Gasteiger charge is 2.37. The maximum atomic E-state index is 12.3. The molecule has 0 amide bonds. The highest BCUT2D eigenvalue weighted by molar-refractivity contribution is 6.01. The highest BCUT2D eigenvalue weighted by atomic mass is 16.5. The SMILES string of the molecule is COC(C(=O)c1cccc(C)c1C)C1CC1. The number of benzene rings is 1. The van der Waals surface area contributed by atoms with Gasteiger partial charge < -0.3 is 4.74 Å². The molecule has 0 heterocycles. The van der Waals surface area contributed by atoms with Gasteiger partial charge in [0.25, 0.3) is 0 Å². The molecule has 1 saturated carbocycles. The van der Waals surface area contributed by atoms with E-state index in [1.165, 1.54) is 0 Å². The fourth-order valence-corrected chi connectivity index (χ4v) is 2.08. The van der Waals surface area contributed by atoms with Gasteiger partial charge in [0.1, 0.15) is 6.10 Å². The number of ether oxygens (including phenoxy) is 1. The Morgan fingerprint density at radius 1 is 1.38 bits per heavy atom. The average molecular weight is 218 g/mol. The summed E-state index contributed by atoms with van der Waals surface area (Å²) in [6, 6.07) is 5.87. The third kappa shape index (κ3) is 2.03. The molecule has 0 spiro atoms. The number of ketones is 1. The second-order valence-electron chi connectivity index (χ2n) is 4.61. The zero-order chi connectivity index (χ0) is 11.7. The van der Waals surface area contributed by atoms with Crippen molar-refractivity contribution < 1.29 is 9.53 Å². The van der Waals surface area contributed by atoms with Gasteiger partial charge in [0.2, 0.25) is 0 Å². The molecule has 2 nitrogen and oxygen atoms in total. The molecule has 0 aromatic heterocycles. The van der Waals surface area contributed by atoms with Gasteiger partial charge in [-0.05, 0) is 43.7 Å². The number of aryl methyl sites for hydroxylation is 1. The minimum absolute atomic E-state index is 0.145. The third-order valence-corrected chi connectivity index (χ3v) is 3.43. The standard InChI is InChI=1S/C14H18O2/c1-9-5-4-6-12(10(9)2)13(15)14(16-3)11-7-8-11/h4-6,11,14H,7-8H2,1-3H3. The molecule has 1 aromatic rings. The molecule has 1 atom stereocenters. The first-order valence-corrected chi connectivity index (χ1v) is 5.78. The van der Waals surface area contributed by atoms with Crippen molar-refractivity contribution in [3.63, 3.8) is 0 Å². The summed E-state index contributed by atoms with van der Waals surface area (Å²) in [6.07, 6.45) is 2.00. The molecule has 0 radical (unpaired) electrons. The van der Waals surface area contributed by atoms with E-state index >= 15 is 0 Å². The topological polar surface area (TPSA) is 26.3 Å². The molecule has 0 saturated heterocycles. The molecule has 0 N–H and O–H groups in total. The predicted octanol–water partition coefficient (Wildman–Crippen LogP) is 2.91. The molecule has 2 rings (SSSR count). The van der Waals surface area contributed by atoms with Crippen LogP contribution in [0, 0.1) is 19.8 Å². The van der Waals surface area contributed by atoms with Crippen molar-refractivity contribution in [1.82, 2.24) is 0 Å². The molecular weight excluding hydrogens is 200 g/mol. The van der Waals surface area contributed by atoms with Crippen LogP contribution in [-0.2, 0) is 4.74 Å². The van der Waals surface area contributed by atoms with Gasteiger partial charge in [-0.25, -0.2) is 0 Å². The van der Waals surface area contributed by atoms with Crippen LogP contribution in [-0.4, -0.2) is 19.0 Å².